The predicted octanol–water partition coefficient (Wildman–Crippen LogP) is 3.49. The quantitative estimate of drug-likeness (QED) is 0.363. The number of hydrogen-bond acceptors (Lipinski definition) is 4. The van der Waals surface area contributed by atoms with Gasteiger partial charge in [0.15, 0.2) is 11.7 Å². The van der Waals surface area contributed by atoms with Gasteiger partial charge in [-0.25, -0.2) is 4.99 Å². The topological polar surface area (TPSA) is 99.0 Å². The van der Waals surface area contributed by atoms with E-state index in [2.05, 4.69) is 20.9 Å². The number of amides is 2. The van der Waals surface area contributed by atoms with Gasteiger partial charge >= 0.3 is 0 Å². The fourth-order valence-electron chi connectivity index (χ4n) is 3.02. The zero-order valence-corrected chi connectivity index (χ0v) is 19.1. The Hall–Kier alpha value is -4.07. The summed E-state index contributed by atoms with van der Waals surface area (Å²) in [5.74, 6) is 0.657. The normalized spacial score (nSPS) is 11.1. The molecule has 0 unspecified atom stereocenters. The van der Waals surface area contributed by atoms with Crippen LogP contribution in [0.1, 0.15) is 39.0 Å². The lowest BCUT2D eigenvalue weighted by Crippen LogP contribution is -2.36. The summed E-state index contributed by atoms with van der Waals surface area (Å²) in [6.07, 6.45) is 1.47. The van der Waals surface area contributed by atoms with E-state index < -0.39 is 0 Å². The van der Waals surface area contributed by atoms with Crippen LogP contribution in [0.15, 0.2) is 76.3 Å². The molecule has 3 rings (SSSR count). The maximum atomic E-state index is 12.1. The zero-order chi connectivity index (χ0) is 23.6. The second-order valence-corrected chi connectivity index (χ2v) is 7.57. The lowest BCUT2D eigenvalue weighted by Gasteiger charge is -2.13. The van der Waals surface area contributed by atoms with Crippen LogP contribution in [0.3, 0.4) is 0 Å². The number of nitrogens with zero attached hydrogens (tertiary/aromatic N) is 2. The molecule has 0 spiro atoms. The first-order valence-corrected chi connectivity index (χ1v) is 10.7. The number of nitrogens with one attached hydrogen (secondary N) is 3. The van der Waals surface area contributed by atoms with Gasteiger partial charge in [0.05, 0.1) is 12.8 Å². The van der Waals surface area contributed by atoms with Crippen LogP contribution in [0.4, 0.5) is 5.69 Å². The van der Waals surface area contributed by atoms with Crippen LogP contribution in [0.25, 0.3) is 0 Å². The van der Waals surface area contributed by atoms with Gasteiger partial charge in [0.2, 0.25) is 0 Å². The molecule has 3 aromatic rings. The summed E-state index contributed by atoms with van der Waals surface area (Å²) in [7, 11) is 3.48. The summed E-state index contributed by atoms with van der Waals surface area (Å²) in [6.45, 7) is 3.81. The number of benzene rings is 2. The van der Waals surface area contributed by atoms with E-state index in [1.54, 1.807) is 31.1 Å². The van der Waals surface area contributed by atoms with E-state index in [4.69, 9.17) is 4.42 Å². The minimum atomic E-state index is -0.288. The second kappa shape index (κ2) is 11.5. The van der Waals surface area contributed by atoms with Crippen LogP contribution in [-0.4, -0.2) is 43.3 Å². The number of hydrogen-bond donors (Lipinski definition) is 3. The standard InChI is InChI=1S/C25H29N5O3/c1-4-26-25(27-16-18-7-11-20(12-8-18)24(32)30(2)3)28-17-19-9-13-21(14-10-19)29-23(31)22-6-5-15-33-22/h5-15H,4,16-17H2,1-3H3,(H,29,31)(H2,26,27,28). The average molecular weight is 448 g/mol. The Morgan fingerprint density at radius 3 is 2.24 bits per heavy atom. The Morgan fingerprint density at radius 2 is 1.64 bits per heavy atom. The van der Waals surface area contributed by atoms with E-state index >= 15 is 0 Å². The number of rotatable bonds is 8. The van der Waals surface area contributed by atoms with Crippen molar-refractivity contribution >= 4 is 23.5 Å². The molecule has 0 aliphatic heterocycles. The van der Waals surface area contributed by atoms with E-state index in [9.17, 15) is 9.59 Å². The van der Waals surface area contributed by atoms with Crippen molar-refractivity contribution in [2.75, 3.05) is 26.0 Å². The van der Waals surface area contributed by atoms with E-state index in [0.717, 1.165) is 17.7 Å². The van der Waals surface area contributed by atoms with Crippen molar-refractivity contribution in [2.45, 2.75) is 20.0 Å². The average Bonchev–Trinajstić information content (AvgIpc) is 3.37. The molecule has 1 aromatic heterocycles. The number of carbonyl (C=O) groups excluding carboxylic acids is 2. The highest BCUT2D eigenvalue weighted by Gasteiger charge is 2.09. The molecule has 8 nitrogen and oxygen atoms in total. The fraction of sp³-hybridized carbons (Fsp3) is 0.240. The predicted molar refractivity (Wildman–Crippen MR) is 129 cm³/mol. The monoisotopic (exact) mass is 447 g/mol. The summed E-state index contributed by atoms with van der Waals surface area (Å²) in [5, 5.41) is 9.33. The molecule has 0 aliphatic rings. The molecule has 8 heteroatoms. The van der Waals surface area contributed by atoms with Crippen molar-refractivity contribution in [3.8, 4) is 0 Å². The summed E-state index contributed by atoms with van der Waals surface area (Å²) in [6, 6.07) is 18.3. The highest BCUT2D eigenvalue weighted by molar-refractivity contribution is 6.02. The van der Waals surface area contributed by atoms with Crippen molar-refractivity contribution in [1.29, 1.82) is 0 Å². The lowest BCUT2D eigenvalue weighted by atomic mass is 10.1. The maximum absolute atomic E-state index is 12.1. The van der Waals surface area contributed by atoms with Gasteiger partial charge in [0, 0.05) is 38.4 Å². The molecule has 2 amide bonds. The summed E-state index contributed by atoms with van der Waals surface area (Å²) in [5.41, 5.74) is 3.40. The van der Waals surface area contributed by atoms with Crippen LogP contribution in [0.5, 0.6) is 0 Å². The molecular formula is C25H29N5O3. The molecule has 0 atom stereocenters. The number of carbonyl (C=O) groups is 2. The van der Waals surface area contributed by atoms with Gasteiger partial charge in [-0.15, -0.1) is 0 Å². The third kappa shape index (κ3) is 6.96. The van der Waals surface area contributed by atoms with Crippen molar-refractivity contribution in [2.24, 2.45) is 4.99 Å². The Kier molecular flexibility index (Phi) is 8.24. The van der Waals surface area contributed by atoms with Crippen molar-refractivity contribution < 1.29 is 14.0 Å². The highest BCUT2D eigenvalue weighted by Crippen LogP contribution is 2.12. The van der Waals surface area contributed by atoms with E-state index in [-0.39, 0.29) is 17.6 Å². The van der Waals surface area contributed by atoms with E-state index in [1.165, 1.54) is 6.26 Å². The Labute approximate surface area is 193 Å². The minimum Gasteiger partial charge on any atom is -0.459 e. The number of guanidine groups is 1. The van der Waals surface area contributed by atoms with Gasteiger partial charge in [0.1, 0.15) is 0 Å². The van der Waals surface area contributed by atoms with Crippen LogP contribution in [0.2, 0.25) is 0 Å². The first kappa shape index (κ1) is 23.6. The third-order valence-electron chi connectivity index (χ3n) is 4.79. The van der Waals surface area contributed by atoms with E-state index in [1.807, 2.05) is 55.5 Å². The van der Waals surface area contributed by atoms with Crippen molar-refractivity contribution in [1.82, 2.24) is 15.5 Å². The number of furan rings is 1. The first-order valence-electron chi connectivity index (χ1n) is 10.7. The summed E-state index contributed by atoms with van der Waals surface area (Å²) >= 11 is 0. The van der Waals surface area contributed by atoms with Crippen molar-refractivity contribution in [3.05, 3.63) is 89.4 Å². The Morgan fingerprint density at radius 1 is 0.939 bits per heavy atom. The molecule has 0 bridgehead atoms. The molecule has 3 N–H and O–H groups in total. The molecule has 0 radical (unpaired) electrons. The van der Waals surface area contributed by atoms with Gasteiger partial charge in [0.25, 0.3) is 11.8 Å². The molecule has 33 heavy (non-hydrogen) atoms. The summed E-state index contributed by atoms with van der Waals surface area (Å²) < 4.78 is 5.10. The van der Waals surface area contributed by atoms with E-state index in [0.29, 0.717) is 30.3 Å². The smallest absolute Gasteiger partial charge is 0.291 e. The molecule has 1 heterocycles. The maximum Gasteiger partial charge on any atom is 0.291 e. The van der Waals surface area contributed by atoms with Crippen molar-refractivity contribution in [3.63, 3.8) is 0 Å². The summed E-state index contributed by atoms with van der Waals surface area (Å²) in [4.78, 5) is 30.3. The Bertz CT molecular complexity index is 1070. The molecule has 172 valence electrons. The molecule has 0 saturated heterocycles. The highest BCUT2D eigenvalue weighted by atomic mass is 16.3. The largest absolute Gasteiger partial charge is 0.459 e. The SMILES string of the molecule is CCNC(=NCc1ccc(NC(=O)c2ccco2)cc1)NCc1ccc(C(=O)N(C)C)cc1. The number of aliphatic imine (C=N–C) groups is 1. The molecule has 2 aromatic carbocycles. The molecular weight excluding hydrogens is 418 g/mol. The fourth-order valence-corrected chi connectivity index (χ4v) is 3.02. The minimum absolute atomic E-state index is 0.0176. The van der Waals surface area contributed by atoms with Gasteiger partial charge < -0.3 is 25.3 Å². The van der Waals surface area contributed by atoms with Crippen LogP contribution in [-0.2, 0) is 13.1 Å². The molecule has 0 fully saturated rings. The van der Waals surface area contributed by atoms with Crippen LogP contribution < -0.4 is 16.0 Å². The number of anilines is 1. The van der Waals surface area contributed by atoms with Gasteiger partial charge in [-0.05, 0) is 54.4 Å². The molecule has 0 aliphatic carbocycles. The van der Waals surface area contributed by atoms with Crippen LogP contribution >= 0.6 is 0 Å². The van der Waals surface area contributed by atoms with Crippen LogP contribution in [0, 0.1) is 0 Å². The van der Waals surface area contributed by atoms with Gasteiger partial charge in [-0.2, -0.15) is 0 Å². The molecule has 0 saturated carbocycles. The second-order valence-electron chi connectivity index (χ2n) is 7.57. The lowest BCUT2D eigenvalue weighted by molar-refractivity contribution is 0.0827. The Balaban J connectivity index is 1.55. The first-order chi connectivity index (χ1) is 16.0. The van der Waals surface area contributed by atoms with Gasteiger partial charge in [-0.3, -0.25) is 9.59 Å². The van der Waals surface area contributed by atoms with Gasteiger partial charge in [-0.1, -0.05) is 24.3 Å². The third-order valence-corrected chi connectivity index (χ3v) is 4.79. The zero-order valence-electron chi connectivity index (χ0n) is 19.1.